The number of hydrogen-bond donors (Lipinski definition) is 2. The standard InChI is InChI=1S/C13H25N3O2/c1-3-12(17)16-10-6-5-7-11(16)13(18)15-9-8-14-4-2/h11,14H,3-10H2,1-2H3,(H,15,18). The highest BCUT2D eigenvalue weighted by Crippen LogP contribution is 2.18. The van der Waals surface area contributed by atoms with E-state index in [2.05, 4.69) is 10.6 Å². The normalized spacial score (nSPS) is 19.7. The van der Waals surface area contributed by atoms with Crippen LogP contribution in [0.2, 0.25) is 0 Å². The second-order valence-corrected chi connectivity index (χ2v) is 4.60. The van der Waals surface area contributed by atoms with Gasteiger partial charge in [0.05, 0.1) is 0 Å². The molecule has 0 spiro atoms. The van der Waals surface area contributed by atoms with Crippen LogP contribution in [0, 0.1) is 0 Å². The van der Waals surface area contributed by atoms with Crippen LogP contribution >= 0.6 is 0 Å². The summed E-state index contributed by atoms with van der Waals surface area (Å²) in [6.07, 6.45) is 3.30. The van der Waals surface area contributed by atoms with Gasteiger partial charge in [0.15, 0.2) is 0 Å². The molecule has 1 fully saturated rings. The van der Waals surface area contributed by atoms with Gasteiger partial charge in [-0.25, -0.2) is 0 Å². The van der Waals surface area contributed by atoms with Crippen molar-refractivity contribution in [2.45, 2.75) is 45.6 Å². The van der Waals surface area contributed by atoms with E-state index in [9.17, 15) is 9.59 Å². The Balaban J connectivity index is 2.44. The van der Waals surface area contributed by atoms with Crippen LogP contribution in [0.3, 0.4) is 0 Å². The molecule has 1 unspecified atom stereocenters. The lowest BCUT2D eigenvalue weighted by Crippen LogP contribution is -2.52. The van der Waals surface area contributed by atoms with E-state index in [1.165, 1.54) is 0 Å². The third-order valence-corrected chi connectivity index (χ3v) is 3.28. The van der Waals surface area contributed by atoms with Crippen LogP contribution in [0.25, 0.3) is 0 Å². The van der Waals surface area contributed by atoms with Gasteiger partial charge >= 0.3 is 0 Å². The van der Waals surface area contributed by atoms with Crippen LogP contribution in [0.1, 0.15) is 39.5 Å². The second-order valence-electron chi connectivity index (χ2n) is 4.60. The van der Waals surface area contributed by atoms with Crippen LogP contribution < -0.4 is 10.6 Å². The summed E-state index contributed by atoms with van der Waals surface area (Å²) < 4.78 is 0. The molecule has 1 rings (SSSR count). The van der Waals surface area contributed by atoms with Crippen molar-refractivity contribution in [1.29, 1.82) is 0 Å². The van der Waals surface area contributed by atoms with E-state index in [0.717, 1.165) is 38.9 Å². The molecule has 5 heteroatoms. The number of hydrogen-bond acceptors (Lipinski definition) is 3. The second kappa shape index (κ2) is 8.08. The maximum Gasteiger partial charge on any atom is 0.242 e. The van der Waals surface area contributed by atoms with Crippen LogP contribution in [-0.4, -0.2) is 48.9 Å². The lowest BCUT2D eigenvalue weighted by atomic mass is 10.0. The zero-order chi connectivity index (χ0) is 13.4. The Morgan fingerprint density at radius 2 is 2.00 bits per heavy atom. The van der Waals surface area contributed by atoms with E-state index in [4.69, 9.17) is 0 Å². The number of rotatable bonds is 6. The summed E-state index contributed by atoms with van der Waals surface area (Å²) in [7, 11) is 0. The van der Waals surface area contributed by atoms with Crippen molar-refractivity contribution < 1.29 is 9.59 Å². The highest BCUT2D eigenvalue weighted by atomic mass is 16.2. The van der Waals surface area contributed by atoms with Crippen LogP contribution in [0.15, 0.2) is 0 Å². The fraction of sp³-hybridized carbons (Fsp3) is 0.846. The third-order valence-electron chi connectivity index (χ3n) is 3.28. The predicted molar refractivity (Wildman–Crippen MR) is 71.2 cm³/mol. The summed E-state index contributed by atoms with van der Waals surface area (Å²) in [5.74, 6) is 0.0796. The highest BCUT2D eigenvalue weighted by molar-refractivity contribution is 5.87. The van der Waals surface area contributed by atoms with Gasteiger partial charge in [-0.2, -0.15) is 0 Å². The molecular formula is C13H25N3O2. The van der Waals surface area contributed by atoms with E-state index in [1.54, 1.807) is 4.90 Å². The molecule has 104 valence electrons. The van der Waals surface area contributed by atoms with Gasteiger partial charge in [-0.1, -0.05) is 13.8 Å². The number of carbonyl (C=O) groups is 2. The van der Waals surface area contributed by atoms with Crippen molar-refractivity contribution in [3.8, 4) is 0 Å². The van der Waals surface area contributed by atoms with Crippen molar-refractivity contribution in [2.24, 2.45) is 0 Å². The van der Waals surface area contributed by atoms with Crippen LogP contribution in [-0.2, 0) is 9.59 Å². The van der Waals surface area contributed by atoms with E-state index in [0.29, 0.717) is 13.0 Å². The first-order chi connectivity index (χ1) is 8.70. The smallest absolute Gasteiger partial charge is 0.242 e. The Morgan fingerprint density at radius 1 is 1.22 bits per heavy atom. The maximum atomic E-state index is 12.1. The van der Waals surface area contributed by atoms with Crippen molar-refractivity contribution in [3.05, 3.63) is 0 Å². The number of likely N-dealkylation sites (N-methyl/N-ethyl adjacent to an activating group) is 1. The van der Waals surface area contributed by atoms with E-state index in [-0.39, 0.29) is 17.9 Å². The minimum Gasteiger partial charge on any atom is -0.353 e. The third kappa shape index (κ3) is 4.29. The largest absolute Gasteiger partial charge is 0.353 e. The summed E-state index contributed by atoms with van der Waals surface area (Å²) in [6, 6.07) is -0.257. The molecule has 0 bridgehead atoms. The van der Waals surface area contributed by atoms with Crippen molar-refractivity contribution in [1.82, 2.24) is 15.5 Å². The van der Waals surface area contributed by atoms with Gasteiger partial charge in [0.25, 0.3) is 0 Å². The van der Waals surface area contributed by atoms with E-state index >= 15 is 0 Å². The minimum atomic E-state index is -0.257. The van der Waals surface area contributed by atoms with Gasteiger partial charge in [0.1, 0.15) is 6.04 Å². The first kappa shape index (κ1) is 15.0. The molecule has 1 aliphatic rings. The Hall–Kier alpha value is -1.10. The Kier molecular flexibility index (Phi) is 6.72. The summed E-state index contributed by atoms with van der Waals surface area (Å²) >= 11 is 0. The maximum absolute atomic E-state index is 12.1. The number of piperidine rings is 1. The molecular weight excluding hydrogens is 230 g/mol. The van der Waals surface area contributed by atoms with Crippen molar-refractivity contribution >= 4 is 11.8 Å². The minimum absolute atomic E-state index is 0.00518. The molecule has 0 aromatic rings. The van der Waals surface area contributed by atoms with Gasteiger partial charge in [-0.15, -0.1) is 0 Å². The van der Waals surface area contributed by atoms with Gasteiger partial charge in [0, 0.05) is 26.1 Å². The molecule has 0 aromatic heterocycles. The average Bonchev–Trinajstić information content (AvgIpc) is 2.42. The lowest BCUT2D eigenvalue weighted by molar-refractivity contribution is -0.142. The van der Waals surface area contributed by atoms with Crippen LogP contribution in [0.5, 0.6) is 0 Å². The van der Waals surface area contributed by atoms with Gasteiger partial charge in [0.2, 0.25) is 11.8 Å². The quantitative estimate of drug-likeness (QED) is 0.680. The number of amides is 2. The van der Waals surface area contributed by atoms with Crippen molar-refractivity contribution in [3.63, 3.8) is 0 Å². The Bertz CT molecular complexity index is 281. The monoisotopic (exact) mass is 255 g/mol. The zero-order valence-corrected chi connectivity index (χ0v) is 11.5. The summed E-state index contributed by atoms with van der Waals surface area (Å²) in [5.41, 5.74) is 0. The summed E-state index contributed by atoms with van der Waals surface area (Å²) in [4.78, 5) is 25.6. The predicted octanol–water partition coefficient (Wildman–Crippen LogP) is 0.503. The lowest BCUT2D eigenvalue weighted by Gasteiger charge is -2.34. The van der Waals surface area contributed by atoms with Gasteiger partial charge in [-0.3, -0.25) is 9.59 Å². The topological polar surface area (TPSA) is 61.4 Å². The first-order valence-electron chi connectivity index (χ1n) is 6.98. The van der Waals surface area contributed by atoms with E-state index in [1.807, 2.05) is 13.8 Å². The van der Waals surface area contributed by atoms with E-state index < -0.39 is 0 Å². The first-order valence-corrected chi connectivity index (χ1v) is 6.98. The van der Waals surface area contributed by atoms with Crippen molar-refractivity contribution in [2.75, 3.05) is 26.2 Å². The molecule has 1 atom stereocenters. The summed E-state index contributed by atoms with van der Waals surface area (Å²) in [6.45, 7) is 6.90. The molecule has 0 aromatic carbocycles. The van der Waals surface area contributed by atoms with Gasteiger partial charge < -0.3 is 15.5 Å². The molecule has 1 saturated heterocycles. The molecule has 0 aliphatic carbocycles. The Morgan fingerprint density at radius 3 is 2.67 bits per heavy atom. The SMILES string of the molecule is CCNCCNC(=O)C1CCCCN1C(=O)CC. The number of nitrogens with one attached hydrogen (secondary N) is 2. The molecule has 18 heavy (non-hydrogen) atoms. The average molecular weight is 255 g/mol. The molecule has 5 nitrogen and oxygen atoms in total. The zero-order valence-electron chi connectivity index (χ0n) is 11.5. The molecule has 0 saturated carbocycles. The summed E-state index contributed by atoms with van der Waals surface area (Å²) in [5, 5.41) is 6.06. The number of carbonyl (C=O) groups excluding carboxylic acids is 2. The highest BCUT2D eigenvalue weighted by Gasteiger charge is 2.30. The van der Waals surface area contributed by atoms with Gasteiger partial charge in [-0.05, 0) is 25.8 Å². The number of likely N-dealkylation sites (tertiary alicyclic amines) is 1. The number of nitrogens with zero attached hydrogens (tertiary/aromatic N) is 1. The fourth-order valence-corrected chi connectivity index (χ4v) is 2.27. The fourth-order valence-electron chi connectivity index (χ4n) is 2.27. The molecule has 1 aliphatic heterocycles. The molecule has 2 N–H and O–H groups in total. The van der Waals surface area contributed by atoms with Crippen LogP contribution in [0.4, 0.5) is 0 Å². The molecule has 0 radical (unpaired) electrons. The Labute approximate surface area is 109 Å². The molecule has 1 heterocycles. The molecule has 2 amide bonds.